The minimum atomic E-state index is -1.23. The summed E-state index contributed by atoms with van der Waals surface area (Å²) in [5.74, 6) is -0.416. The summed E-state index contributed by atoms with van der Waals surface area (Å²) >= 11 is 0. The fraction of sp³-hybridized carbons (Fsp3) is 0.323. The first-order valence-corrected chi connectivity index (χ1v) is 13.1. The van der Waals surface area contributed by atoms with Crippen LogP contribution in [-0.4, -0.2) is 27.2 Å². The Balaban J connectivity index is 1.50. The molecule has 2 saturated carbocycles. The molecule has 5 rings (SSSR count). The highest BCUT2D eigenvalue weighted by Crippen LogP contribution is 2.69. The Hall–Kier alpha value is -4.33. The van der Waals surface area contributed by atoms with E-state index in [4.69, 9.17) is 0 Å². The van der Waals surface area contributed by atoms with Crippen molar-refractivity contribution in [1.29, 1.82) is 0 Å². The third kappa shape index (κ3) is 4.20. The number of rotatable bonds is 8. The van der Waals surface area contributed by atoms with E-state index >= 15 is 0 Å². The molecule has 2 bridgehead atoms. The fourth-order valence-corrected chi connectivity index (χ4v) is 6.30. The molecule has 8 nitrogen and oxygen atoms in total. The predicted molar refractivity (Wildman–Crippen MR) is 150 cm³/mol. The van der Waals surface area contributed by atoms with E-state index in [2.05, 4.69) is 10.5 Å². The summed E-state index contributed by atoms with van der Waals surface area (Å²) in [6.07, 6.45) is 1.12. The Bertz CT molecular complexity index is 1390. The lowest BCUT2D eigenvalue weighted by atomic mass is 9.64. The van der Waals surface area contributed by atoms with Gasteiger partial charge in [-0.05, 0) is 41.5 Å². The summed E-state index contributed by atoms with van der Waals surface area (Å²) < 4.78 is 0. The smallest absolute Gasteiger partial charge is 0.269 e. The monoisotopic (exact) mass is 524 g/mol. The zero-order chi connectivity index (χ0) is 27.8. The molecule has 200 valence electrons. The van der Waals surface area contributed by atoms with Crippen molar-refractivity contribution in [1.82, 2.24) is 4.90 Å². The van der Waals surface area contributed by atoms with Crippen LogP contribution in [0.2, 0.25) is 0 Å². The van der Waals surface area contributed by atoms with E-state index in [0.29, 0.717) is 37.3 Å². The number of amides is 1. The van der Waals surface area contributed by atoms with Crippen molar-refractivity contribution in [3.8, 4) is 0 Å². The Labute approximate surface area is 227 Å². The number of carbonyl (C=O) groups excluding carboxylic acids is 2. The Kier molecular flexibility index (Phi) is 6.58. The maximum Gasteiger partial charge on any atom is 0.269 e. The Morgan fingerprint density at radius 1 is 0.897 bits per heavy atom. The number of nitro groups is 1. The van der Waals surface area contributed by atoms with Crippen LogP contribution in [0.3, 0.4) is 0 Å². The first-order chi connectivity index (χ1) is 18.6. The van der Waals surface area contributed by atoms with Crippen molar-refractivity contribution < 1.29 is 14.5 Å². The number of nitrogens with zero attached hydrogens (tertiary/aromatic N) is 3. The number of carbonyl (C=O) groups is 2. The largest absolute Gasteiger partial charge is 0.333 e. The van der Waals surface area contributed by atoms with E-state index in [1.807, 2.05) is 86.3 Å². The molecule has 3 aromatic carbocycles. The molecule has 0 saturated heterocycles. The molecular weight excluding hydrogens is 492 g/mol. The van der Waals surface area contributed by atoms with E-state index in [1.165, 1.54) is 12.1 Å². The van der Waals surface area contributed by atoms with E-state index in [1.54, 1.807) is 12.1 Å². The van der Waals surface area contributed by atoms with E-state index in [9.17, 15) is 19.7 Å². The number of nitro benzene ring substituents is 1. The topological polar surface area (TPSA) is 105 Å². The summed E-state index contributed by atoms with van der Waals surface area (Å²) in [5.41, 5.74) is 3.24. The van der Waals surface area contributed by atoms with E-state index in [-0.39, 0.29) is 17.4 Å². The Morgan fingerprint density at radius 2 is 1.44 bits per heavy atom. The van der Waals surface area contributed by atoms with Crippen molar-refractivity contribution in [3.63, 3.8) is 0 Å². The van der Waals surface area contributed by atoms with Crippen molar-refractivity contribution in [2.75, 3.05) is 5.43 Å². The molecule has 1 N–H and O–H groups in total. The fourth-order valence-electron chi connectivity index (χ4n) is 6.30. The number of nitrogens with one attached hydrogen (secondary N) is 1. The molecular formula is C31H32N4O4. The molecule has 2 aliphatic carbocycles. The van der Waals surface area contributed by atoms with Gasteiger partial charge in [-0.25, -0.2) is 0 Å². The van der Waals surface area contributed by atoms with Gasteiger partial charge in [-0.2, -0.15) is 5.10 Å². The van der Waals surface area contributed by atoms with Gasteiger partial charge in [0.2, 0.25) is 5.91 Å². The molecule has 0 radical (unpaired) electrons. The van der Waals surface area contributed by atoms with Crippen LogP contribution in [0.4, 0.5) is 11.4 Å². The molecule has 1 amide bonds. The number of non-ortho nitro benzene ring substituents is 1. The summed E-state index contributed by atoms with van der Waals surface area (Å²) in [4.78, 5) is 41.1. The molecule has 39 heavy (non-hydrogen) atoms. The minimum absolute atomic E-state index is 0.0289. The van der Waals surface area contributed by atoms with Crippen molar-refractivity contribution in [3.05, 3.63) is 106 Å². The number of hydrazone groups is 1. The van der Waals surface area contributed by atoms with Crippen LogP contribution < -0.4 is 5.43 Å². The molecule has 2 unspecified atom stereocenters. The first kappa shape index (κ1) is 26.3. The van der Waals surface area contributed by atoms with Gasteiger partial charge >= 0.3 is 0 Å². The van der Waals surface area contributed by atoms with Crippen molar-refractivity contribution in [2.24, 2.45) is 21.3 Å². The van der Waals surface area contributed by atoms with Gasteiger partial charge in [0.25, 0.3) is 5.69 Å². The summed E-state index contributed by atoms with van der Waals surface area (Å²) in [7, 11) is 0. The summed E-state index contributed by atoms with van der Waals surface area (Å²) in [6.45, 7) is 6.82. The lowest BCUT2D eigenvalue weighted by molar-refractivity contribution is -0.384. The van der Waals surface area contributed by atoms with Crippen molar-refractivity contribution in [2.45, 2.75) is 46.7 Å². The second kappa shape index (κ2) is 9.76. The Morgan fingerprint density at radius 3 is 1.95 bits per heavy atom. The van der Waals surface area contributed by atoms with Crippen LogP contribution >= 0.6 is 0 Å². The second-order valence-electron chi connectivity index (χ2n) is 11.2. The van der Waals surface area contributed by atoms with Gasteiger partial charge in [-0.3, -0.25) is 25.1 Å². The number of ketones is 1. The summed E-state index contributed by atoms with van der Waals surface area (Å²) in [6, 6.07) is 25.5. The molecule has 0 heterocycles. The minimum Gasteiger partial charge on any atom is -0.333 e. The van der Waals surface area contributed by atoms with Crippen LogP contribution in [0.1, 0.15) is 44.7 Å². The number of anilines is 1. The van der Waals surface area contributed by atoms with Crippen LogP contribution in [0, 0.1) is 26.4 Å². The van der Waals surface area contributed by atoms with Gasteiger partial charge in [0.15, 0.2) is 5.78 Å². The molecule has 2 atom stereocenters. The quantitative estimate of drug-likeness (QED) is 0.221. The van der Waals surface area contributed by atoms with Gasteiger partial charge in [-0.1, -0.05) is 81.4 Å². The third-order valence-corrected chi connectivity index (χ3v) is 9.03. The average Bonchev–Trinajstić information content (AvgIpc) is 3.22. The first-order valence-electron chi connectivity index (χ1n) is 13.1. The lowest BCUT2D eigenvalue weighted by Crippen LogP contribution is -2.51. The maximum atomic E-state index is 14.6. The number of Topliss-reactive ketones (excluding diaryl/α,β-unsaturated/α-hetero) is 1. The van der Waals surface area contributed by atoms with Gasteiger partial charge in [-0.15, -0.1) is 0 Å². The molecule has 0 aromatic heterocycles. The van der Waals surface area contributed by atoms with Crippen molar-refractivity contribution >= 4 is 28.8 Å². The number of benzene rings is 3. The molecule has 2 aliphatic rings. The van der Waals surface area contributed by atoms with Crippen LogP contribution in [0.5, 0.6) is 0 Å². The number of hydrogen-bond donors (Lipinski definition) is 1. The van der Waals surface area contributed by atoms with Gasteiger partial charge in [0, 0.05) is 30.6 Å². The normalized spacial score (nSPS) is 24.1. The molecule has 8 heteroatoms. The highest BCUT2D eigenvalue weighted by Gasteiger charge is 2.77. The SMILES string of the molecule is CC12CCC(C(=O)N(Cc3ccccc3)Cc3ccccc3)(C(=O)/C1=N\Nc1ccc([N+](=O)[O-])cc1)C2(C)C. The van der Waals surface area contributed by atoms with E-state index < -0.39 is 21.2 Å². The third-order valence-electron chi connectivity index (χ3n) is 9.03. The van der Waals surface area contributed by atoms with Gasteiger partial charge in [0.05, 0.1) is 10.6 Å². The number of fused-ring (bicyclic) bond motifs is 2. The highest BCUT2D eigenvalue weighted by molar-refractivity contribution is 6.50. The van der Waals surface area contributed by atoms with Crippen LogP contribution in [-0.2, 0) is 22.7 Å². The average molecular weight is 525 g/mol. The molecule has 0 spiro atoms. The van der Waals surface area contributed by atoms with Crippen LogP contribution in [0.15, 0.2) is 90.0 Å². The van der Waals surface area contributed by atoms with Crippen LogP contribution in [0.25, 0.3) is 0 Å². The molecule has 2 fully saturated rings. The standard InChI is InChI=1S/C31H32N4O4/c1-29(2)30(3)18-19-31(29,27(36)26(30)33-32-24-14-16-25(17-15-24)35(38)39)28(37)34(20-22-10-6-4-7-11-22)21-23-12-8-5-9-13-23/h4-17,32H,18-21H2,1-3H3/b33-26+. The van der Waals surface area contributed by atoms with Gasteiger partial charge < -0.3 is 4.90 Å². The number of hydrogen-bond acceptors (Lipinski definition) is 6. The second-order valence-corrected chi connectivity index (χ2v) is 11.2. The van der Waals surface area contributed by atoms with E-state index in [0.717, 1.165) is 11.1 Å². The van der Waals surface area contributed by atoms with Gasteiger partial charge in [0.1, 0.15) is 11.1 Å². The maximum absolute atomic E-state index is 14.6. The zero-order valence-corrected chi connectivity index (χ0v) is 22.4. The zero-order valence-electron chi connectivity index (χ0n) is 22.4. The molecule has 3 aromatic rings. The lowest BCUT2D eigenvalue weighted by Gasteiger charge is -2.40. The highest BCUT2D eigenvalue weighted by atomic mass is 16.6. The molecule has 0 aliphatic heterocycles. The summed E-state index contributed by atoms with van der Waals surface area (Å²) in [5, 5.41) is 15.5. The predicted octanol–water partition coefficient (Wildman–Crippen LogP) is 5.99.